The first-order valence-corrected chi connectivity index (χ1v) is 6.50. The minimum absolute atomic E-state index is 0. The van der Waals surface area contributed by atoms with Crippen molar-refractivity contribution in [2.24, 2.45) is 10.7 Å². The van der Waals surface area contributed by atoms with E-state index in [1.54, 1.807) is 6.07 Å². The fourth-order valence-electron chi connectivity index (χ4n) is 1.76. The van der Waals surface area contributed by atoms with E-state index < -0.39 is 0 Å². The Bertz CT molecular complexity index is 488. The van der Waals surface area contributed by atoms with Gasteiger partial charge < -0.3 is 16.0 Å². The van der Waals surface area contributed by atoms with Crippen LogP contribution in [0.15, 0.2) is 41.4 Å². The molecule has 0 aliphatic heterocycles. The summed E-state index contributed by atoms with van der Waals surface area (Å²) in [6.45, 7) is 6.76. The molecule has 0 saturated carbocycles. The second-order valence-electron chi connectivity index (χ2n) is 5.07. The minimum Gasteiger partial charge on any atom is -0.370 e. The van der Waals surface area contributed by atoms with Gasteiger partial charge in [-0.25, -0.2) is 4.39 Å². The van der Waals surface area contributed by atoms with Crippen LogP contribution in [0.3, 0.4) is 0 Å². The highest BCUT2D eigenvalue weighted by Gasteiger charge is 2.14. The number of aliphatic imine (C=N–C) groups is 1. The summed E-state index contributed by atoms with van der Waals surface area (Å²) in [5, 5.41) is 2.97. The fraction of sp³-hybridized carbons (Fsp3) is 0.400. The predicted octanol–water partition coefficient (Wildman–Crippen LogP) is 2.53. The topological polar surface area (TPSA) is 53.6 Å². The van der Waals surface area contributed by atoms with Crippen molar-refractivity contribution in [3.05, 3.63) is 47.8 Å². The molecular weight excluding hydrogens is 382 g/mol. The van der Waals surface area contributed by atoms with Crippen molar-refractivity contribution in [2.75, 3.05) is 27.2 Å². The quantitative estimate of drug-likeness (QED) is 0.331. The second-order valence-corrected chi connectivity index (χ2v) is 5.07. The molecule has 1 aromatic rings. The Morgan fingerprint density at radius 3 is 2.67 bits per heavy atom. The number of hydrogen-bond donors (Lipinski definition) is 2. The van der Waals surface area contributed by atoms with E-state index in [1.807, 2.05) is 32.0 Å². The lowest BCUT2D eigenvalue weighted by Crippen LogP contribution is -2.34. The second kappa shape index (κ2) is 9.73. The Balaban J connectivity index is 0.00000400. The van der Waals surface area contributed by atoms with Crippen molar-refractivity contribution in [3.63, 3.8) is 0 Å². The summed E-state index contributed by atoms with van der Waals surface area (Å²) < 4.78 is 13.3. The van der Waals surface area contributed by atoms with Gasteiger partial charge in [0.15, 0.2) is 5.96 Å². The first kappa shape index (κ1) is 19.9. The van der Waals surface area contributed by atoms with Crippen molar-refractivity contribution in [3.8, 4) is 0 Å². The molecule has 0 heterocycles. The molecule has 0 fully saturated rings. The van der Waals surface area contributed by atoms with Gasteiger partial charge in [0, 0.05) is 6.54 Å². The van der Waals surface area contributed by atoms with Crippen LogP contribution in [0.4, 0.5) is 4.39 Å². The van der Waals surface area contributed by atoms with Gasteiger partial charge in [-0.2, -0.15) is 0 Å². The average Bonchev–Trinajstić information content (AvgIpc) is 2.36. The Hall–Kier alpha value is -1.15. The molecule has 1 aromatic carbocycles. The number of guanidine groups is 1. The van der Waals surface area contributed by atoms with Crippen LogP contribution in [0.1, 0.15) is 18.5 Å². The number of halogens is 2. The van der Waals surface area contributed by atoms with Crippen molar-refractivity contribution in [1.82, 2.24) is 10.2 Å². The molecule has 6 heteroatoms. The van der Waals surface area contributed by atoms with Crippen LogP contribution in [-0.2, 0) is 0 Å². The number of rotatable bonds is 6. The molecule has 0 bridgehead atoms. The molecular formula is C15H24FIN4. The standard InChI is InChI=1S/C15H23FN4.HI/c1-11(2)9-18-15(17)19-10-14(20(3)4)12-6-5-7-13(16)8-12;/h5-8,14H,1,9-10H2,2-4H3,(H3,17,18,19);1H. The highest BCUT2D eigenvalue weighted by Crippen LogP contribution is 2.19. The van der Waals surface area contributed by atoms with Gasteiger partial charge >= 0.3 is 0 Å². The van der Waals surface area contributed by atoms with Gasteiger partial charge in [0.2, 0.25) is 0 Å². The lowest BCUT2D eigenvalue weighted by Gasteiger charge is -2.23. The molecule has 1 atom stereocenters. The molecule has 0 saturated heterocycles. The Kier molecular flexibility index (Phi) is 9.19. The van der Waals surface area contributed by atoms with Gasteiger partial charge in [-0.1, -0.05) is 24.3 Å². The van der Waals surface area contributed by atoms with E-state index in [1.165, 1.54) is 12.1 Å². The van der Waals surface area contributed by atoms with E-state index in [0.717, 1.165) is 11.1 Å². The van der Waals surface area contributed by atoms with E-state index in [-0.39, 0.29) is 35.8 Å². The zero-order valence-electron chi connectivity index (χ0n) is 12.8. The fourth-order valence-corrected chi connectivity index (χ4v) is 1.76. The molecule has 0 spiro atoms. The van der Waals surface area contributed by atoms with Gasteiger partial charge in [-0.05, 0) is 38.7 Å². The predicted molar refractivity (Wildman–Crippen MR) is 97.5 cm³/mol. The molecule has 3 N–H and O–H groups in total. The summed E-state index contributed by atoms with van der Waals surface area (Å²) in [6, 6.07) is 6.53. The smallest absolute Gasteiger partial charge is 0.188 e. The molecule has 0 aliphatic carbocycles. The maximum absolute atomic E-state index is 13.3. The van der Waals surface area contributed by atoms with Crippen molar-refractivity contribution in [2.45, 2.75) is 13.0 Å². The Morgan fingerprint density at radius 2 is 2.14 bits per heavy atom. The lowest BCUT2D eigenvalue weighted by atomic mass is 10.1. The molecule has 4 nitrogen and oxygen atoms in total. The summed E-state index contributed by atoms with van der Waals surface area (Å²) >= 11 is 0. The van der Waals surface area contributed by atoms with Crippen LogP contribution in [0.25, 0.3) is 0 Å². The maximum Gasteiger partial charge on any atom is 0.188 e. The number of hydrogen-bond acceptors (Lipinski definition) is 2. The van der Waals surface area contributed by atoms with Crippen LogP contribution in [-0.4, -0.2) is 38.0 Å². The first-order chi connectivity index (χ1) is 9.40. The monoisotopic (exact) mass is 406 g/mol. The molecule has 0 radical (unpaired) electrons. The molecule has 0 amide bonds. The summed E-state index contributed by atoms with van der Waals surface area (Å²) in [5.41, 5.74) is 7.65. The van der Waals surface area contributed by atoms with Crippen LogP contribution in [0.2, 0.25) is 0 Å². The summed E-state index contributed by atoms with van der Waals surface area (Å²) in [7, 11) is 3.87. The molecule has 1 rings (SSSR count). The van der Waals surface area contributed by atoms with Gasteiger partial charge in [-0.3, -0.25) is 4.99 Å². The Labute approximate surface area is 143 Å². The van der Waals surface area contributed by atoms with E-state index in [9.17, 15) is 4.39 Å². The van der Waals surface area contributed by atoms with Gasteiger partial charge in [0.05, 0.1) is 12.6 Å². The van der Waals surface area contributed by atoms with E-state index >= 15 is 0 Å². The van der Waals surface area contributed by atoms with Crippen LogP contribution >= 0.6 is 24.0 Å². The largest absolute Gasteiger partial charge is 0.370 e. The molecule has 118 valence electrons. The zero-order chi connectivity index (χ0) is 15.1. The van der Waals surface area contributed by atoms with E-state index in [4.69, 9.17) is 5.73 Å². The summed E-state index contributed by atoms with van der Waals surface area (Å²) in [5.74, 6) is 0.128. The van der Waals surface area contributed by atoms with Crippen LogP contribution < -0.4 is 11.1 Å². The lowest BCUT2D eigenvalue weighted by molar-refractivity contribution is 0.305. The number of likely N-dealkylation sites (N-methyl/N-ethyl adjacent to an activating group) is 1. The highest BCUT2D eigenvalue weighted by molar-refractivity contribution is 14.0. The van der Waals surface area contributed by atoms with Crippen molar-refractivity contribution in [1.29, 1.82) is 0 Å². The van der Waals surface area contributed by atoms with Crippen LogP contribution in [0, 0.1) is 5.82 Å². The highest BCUT2D eigenvalue weighted by atomic mass is 127. The van der Waals surface area contributed by atoms with Gasteiger partial charge in [0.25, 0.3) is 0 Å². The summed E-state index contributed by atoms with van der Waals surface area (Å²) in [6.07, 6.45) is 0. The normalized spacial score (nSPS) is 12.7. The number of nitrogens with zero attached hydrogens (tertiary/aromatic N) is 2. The Morgan fingerprint density at radius 1 is 1.48 bits per heavy atom. The number of nitrogens with one attached hydrogen (secondary N) is 1. The number of nitrogens with two attached hydrogens (primary N) is 1. The zero-order valence-corrected chi connectivity index (χ0v) is 15.1. The third-order valence-electron chi connectivity index (χ3n) is 2.86. The average molecular weight is 406 g/mol. The van der Waals surface area contributed by atoms with Crippen molar-refractivity contribution >= 4 is 29.9 Å². The summed E-state index contributed by atoms with van der Waals surface area (Å²) in [4.78, 5) is 6.29. The molecule has 21 heavy (non-hydrogen) atoms. The first-order valence-electron chi connectivity index (χ1n) is 6.50. The minimum atomic E-state index is -0.244. The van der Waals surface area contributed by atoms with Gasteiger partial charge in [-0.15, -0.1) is 24.0 Å². The molecule has 0 aromatic heterocycles. The number of benzene rings is 1. The maximum atomic E-state index is 13.3. The van der Waals surface area contributed by atoms with E-state index in [0.29, 0.717) is 19.0 Å². The van der Waals surface area contributed by atoms with Crippen LogP contribution in [0.5, 0.6) is 0 Å². The van der Waals surface area contributed by atoms with Gasteiger partial charge in [0.1, 0.15) is 5.82 Å². The molecule has 1 unspecified atom stereocenters. The third-order valence-corrected chi connectivity index (χ3v) is 2.86. The van der Waals surface area contributed by atoms with Crippen molar-refractivity contribution < 1.29 is 4.39 Å². The third kappa shape index (κ3) is 7.42. The SMILES string of the molecule is C=C(C)CNC(N)=NCC(c1cccc(F)c1)N(C)C.I. The van der Waals surface area contributed by atoms with E-state index in [2.05, 4.69) is 16.9 Å². The molecule has 0 aliphatic rings.